The molecule has 6 heteroatoms. The van der Waals surface area contributed by atoms with Crippen LogP contribution in [-0.4, -0.2) is 54.5 Å². The zero-order valence-corrected chi connectivity index (χ0v) is 16.2. The van der Waals surface area contributed by atoms with Crippen LogP contribution in [0, 0.1) is 0 Å². The van der Waals surface area contributed by atoms with E-state index >= 15 is 0 Å². The van der Waals surface area contributed by atoms with E-state index in [1.54, 1.807) is 0 Å². The first kappa shape index (κ1) is 17.7. The molecule has 4 rings (SSSR count). The van der Waals surface area contributed by atoms with Crippen molar-refractivity contribution in [1.82, 2.24) is 29.3 Å². The van der Waals surface area contributed by atoms with Gasteiger partial charge < -0.3 is 0 Å². The summed E-state index contributed by atoms with van der Waals surface area (Å²) in [6, 6.07) is 5.40. The first-order valence-corrected chi connectivity index (χ1v) is 10.3. The van der Waals surface area contributed by atoms with Gasteiger partial charge in [-0.25, -0.2) is 4.68 Å². The summed E-state index contributed by atoms with van der Waals surface area (Å²) in [4.78, 5) is 5.11. The van der Waals surface area contributed by atoms with Crippen molar-refractivity contribution in [2.45, 2.75) is 77.5 Å². The average Bonchev–Trinajstić information content (AvgIpc) is 3.29. The van der Waals surface area contributed by atoms with Crippen LogP contribution in [0.3, 0.4) is 0 Å². The number of piperidine rings is 2. The quantitative estimate of drug-likeness (QED) is 0.825. The summed E-state index contributed by atoms with van der Waals surface area (Å²) in [6.07, 6.45) is 12.0. The van der Waals surface area contributed by atoms with Gasteiger partial charge in [0.1, 0.15) is 0 Å². The van der Waals surface area contributed by atoms with E-state index in [0.29, 0.717) is 12.1 Å². The molecule has 0 aliphatic carbocycles. The smallest absolute Gasteiger partial charge is 0.167 e. The Labute approximate surface area is 156 Å². The molecular formula is C20H32N6. The van der Waals surface area contributed by atoms with Gasteiger partial charge in [-0.3, -0.25) is 14.5 Å². The van der Waals surface area contributed by atoms with E-state index < -0.39 is 0 Å². The molecule has 2 aromatic rings. The highest BCUT2D eigenvalue weighted by Crippen LogP contribution is 2.21. The molecule has 2 fully saturated rings. The minimum Gasteiger partial charge on any atom is -0.293 e. The van der Waals surface area contributed by atoms with Crippen LogP contribution in [0.1, 0.15) is 64.0 Å². The Balaban J connectivity index is 1.59. The molecule has 0 spiro atoms. The third-order valence-corrected chi connectivity index (χ3v) is 6.16. The Morgan fingerprint density at radius 1 is 0.808 bits per heavy atom. The molecule has 6 nitrogen and oxygen atoms in total. The van der Waals surface area contributed by atoms with Gasteiger partial charge in [-0.2, -0.15) is 0 Å². The molecule has 0 bridgehead atoms. The maximum absolute atomic E-state index is 4.61. The summed E-state index contributed by atoms with van der Waals surface area (Å²) in [7, 11) is 0. The number of hydrogen-bond donors (Lipinski definition) is 0. The lowest BCUT2D eigenvalue weighted by Gasteiger charge is -2.33. The monoisotopic (exact) mass is 356 g/mol. The predicted octanol–water partition coefficient (Wildman–Crippen LogP) is 3.14. The third-order valence-electron chi connectivity index (χ3n) is 6.16. The zero-order chi connectivity index (χ0) is 17.9. The second-order valence-corrected chi connectivity index (χ2v) is 8.04. The molecule has 0 amide bonds. The summed E-state index contributed by atoms with van der Waals surface area (Å²) in [5.74, 6) is 2.10. The molecule has 2 atom stereocenters. The SMILES string of the molecule is CC1CCCCN1Cc1nnc(CN2CCCCC2C)n1-n1cccc1. The number of hydrogen-bond acceptors (Lipinski definition) is 4. The molecule has 4 heterocycles. The van der Waals surface area contributed by atoms with Gasteiger partial charge in [0.15, 0.2) is 11.6 Å². The average molecular weight is 357 g/mol. The van der Waals surface area contributed by atoms with E-state index in [9.17, 15) is 0 Å². The van der Waals surface area contributed by atoms with Gasteiger partial charge in [-0.05, 0) is 64.8 Å². The van der Waals surface area contributed by atoms with Crippen molar-refractivity contribution >= 4 is 0 Å². The van der Waals surface area contributed by atoms with Crippen molar-refractivity contribution in [3.05, 3.63) is 36.2 Å². The topological polar surface area (TPSA) is 42.1 Å². The van der Waals surface area contributed by atoms with E-state index in [-0.39, 0.29) is 0 Å². The van der Waals surface area contributed by atoms with Crippen LogP contribution in [0.2, 0.25) is 0 Å². The molecular weight excluding hydrogens is 324 g/mol. The highest BCUT2D eigenvalue weighted by molar-refractivity contribution is 5.02. The minimum absolute atomic E-state index is 0.629. The van der Waals surface area contributed by atoms with Crippen molar-refractivity contribution in [3.8, 4) is 0 Å². The lowest BCUT2D eigenvalue weighted by atomic mass is 10.0. The molecule has 26 heavy (non-hydrogen) atoms. The first-order chi connectivity index (χ1) is 12.7. The van der Waals surface area contributed by atoms with Gasteiger partial charge in [0.25, 0.3) is 0 Å². The van der Waals surface area contributed by atoms with Crippen molar-refractivity contribution < 1.29 is 0 Å². The van der Waals surface area contributed by atoms with Crippen LogP contribution in [0.5, 0.6) is 0 Å². The van der Waals surface area contributed by atoms with Crippen LogP contribution < -0.4 is 0 Å². The number of likely N-dealkylation sites (tertiary alicyclic amines) is 2. The van der Waals surface area contributed by atoms with Gasteiger partial charge in [-0.15, -0.1) is 10.2 Å². The van der Waals surface area contributed by atoms with Gasteiger partial charge in [-0.1, -0.05) is 12.8 Å². The van der Waals surface area contributed by atoms with Crippen molar-refractivity contribution in [1.29, 1.82) is 0 Å². The van der Waals surface area contributed by atoms with Gasteiger partial charge in [0.05, 0.1) is 13.1 Å². The van der Waals surface area contributed by atoms with Crippen LogP contribution in [0.4, 0.5) is 0 Å². The lowest BCUT2D eigenvalue weighted by Crippen LogP contribution is -2.39. The second-order valence-electron chi connectivity index (χ2n) is 8.04. The van der Waals surface area contributed by atoms with E-state index in [1.165, 1.54) is 38.5 Å². The predicted molar refractivity (Wildman–Crippen MR) is 103 cm³/mol. The molecule has 2 unspecified atom stereocenters. The van der Waals surface area contributed by atoms with Gasteiger partial charge >= 0.3 is 0 Å². The molecule has 0 aromatic carbocycles. The number of rotatable bonds is 5. The maximum Gasteiger partial charge on any atom is 0.167 e. The van der Waals surface area contributed by atoms with Crippen molar-refractivity contribution in [2.24, 2.45) is 0 Å². The molecule has 142 valence electrons. The molecule has 2 saturated heterocycles. The van der Waals surface area contributed by atoms with E-state index in [2.05, 4.69) is 67.7 Å². The number of nitrogens with zero attached hydrogens (tertiary/aromatic N) is 6. The Kier molecular flexibility index (Phi) is 5.41. The molecule has 0 N–H and O–H groups in total. The summed E-state index contributed by atoms with van der Waals surface area (Å²) in [5, 5.41) is 9.23. The zero-order valence-electron chi connectivity index (χ0n) is 16.2. The van der Waals surface area contributed by atoms with Crippen LogP contribution in [0.15, 0.2) is 24.5 Å². The highest BCUT2D eigenvalue weighted by atomic mass is 15.5. The summed E-state index contributed by atoms with van der Waals surface area (Å²) < 4.78 is 4.36. The van der Waals surface area contributed by atoms with Gasteiger partial charge in [0, 0.05) is 24.5 Å². The fourth-order valence-corrected chi connectivity index (χ4v) is 4.42. The van der Waals surface area contributed by atoms with E-state index in [4.69, 9.17) is 0 Å². The highest BCUT2D eigenvalue weighted by Gasteiger charge is 2.25. The van der Waals surface area contributed by atoms with Crippen molar-refractivity contribution in [3.63, 3.8) is 0 Å². The largest absolute Gasteiger partial charge is 0.293 e. The molecule has 2 aliphatic heterocycles. The molecule has 2 aliphatic rings. The van der Waals surface area contributed by atoms with E-state index in [0.717, 1.165) is 37.8 Å². The summed E-state index contributed by atoms with van der Waals surface area (Å²) >= 11 is 0. The first-order valence-electron chi connectivity index (χ1n) is 10.3. The maximum atomic E-state index is 4.61. The Bertz CT molecular complexity index is 650. The standard InChI is InChI=1S/C20H32N6/c1-17-9-3-5-11-23(17)15-19-21-22-20(26(19)25-13-7-8-14-25)16-24-12-6-4-10-18(24)2/h7-8,13-14,17-18H,3-6,9-12,15-16H2,1-2H3. The second kappa shape index (κ2) is 7.92. The third kappa shape index (κ3) is 3.71. The van der Waals surface area contributed by atoms with Crippen LogP contribution >= 0.6 is 0 Å². The normalized spacial score (nSPS) is 25.6. The van der Waals surface area contributed by atoms with Gasteiger partial charge in [0.2, 0.25) is 0 Å². The summed E-state index contributed by atoms with van der Waals surface area (Å²) in [5.41, 5.74) is 0. The number of aromatic nitrogens is 4. The fourth-order valence-electron chi connectivity index (χ4n) is 4.42. The summed E-state index contributed by atoms with van der Waals surface area (Å²) in [6.45, 7) is 8.76. The minimum atomic E-state index is 0.629. The lowest BCUT2D eigenvalue weighted by molar-refractivity contribution is 0.141. The Morgan fingerprint density at radius 2 is 1.31 bits per heavy atom. The Morgan fingerprint density at radius 3 is 1.77 bits per heavy atom. The van der Waals surface area contributed by atoms with Crippen molar-refractivity contribution in [2.75, 3.05) is 13.1 Å². The Hall–Kier alpha value is -1.66. The van der Waals surface area contributed by atoms with Crippen LogP contribution in [0.25, 0.3) is 0 Å². The molecule has 0 saturated carbocycles. The van der Waals surface area contributed by atoms with Crippen LogP contribution in [-0.2, 0) is 13.1 Å². The van der Waals surface area contributed by atoms with E-state index in [1.807, 2.05) is 0 Å². The molecule has 2 aromatic heterocycles. The fraction of sp³-hybridized carbons (Fsp3) is 0.700. The molecule has 0 radical (unpaired) electrons.